The lowest BCUT2D eigenvalue weighted by Crippen LogP contribution is -2.14. The van der Waals surface area contributed by atoms with Crippen LogP contribution in [0.2, 0.25) is 0 Å². The van der Waals surface area contributed by atoms with E-state index in [-0.39, 0.29) is 5.91 Å². The van der Waals surface area contributed by atoms with Gasteiger partial charge < -0.3 is 10.2 Å². The molecular weight excluding hydrogens is 424 g/mol. The predicted octanol–water partition coefficient (Wildman–Crippen LogP) is 5.48. The number of carbonyl (C=O) groups excluding carboxylic acids is 1. The Balaban J connectivity index is 1.77. The van der Waals surface area contributed by atoms with Gasteiger partial charge in [0, 0.05) is 42.7 Å². The number of nitrogens with one attached hydrogen (secondary N) is 1. The highest BCUT2D eigenvalue weighted by Gasteiger charge is 2.19. The van der Waals surface area contributed by atoms with Crippen LogP contribution in [0.3, 0.4) is 0 Å². The molecular formula is C27H22N6O. The molecule has 2 aromatic carbocycles. The first-order chi connectivity index (χ1) is 16.6. The summed E-state index contributed by atoms with van der Waals surface area (Å²) >= 11 is 0. The zero-order chi connectivity index (χ0) is 23.5. The van der Waals surface area contributed by atoms with Crippen molar-refractivity contribution in [2.24, 2.45) is 0 Å². The monoisotopic (exact) mass is 446 g/mol. The number of rotatable bonds is 5. The fraction of sp³-hybridized carbons (Fsp3) is 0.0741. The van der Waals surface area contributed by atoms with Crippen molar-refractivity contribution in [3.05, 3.63) is 91.4 Å². The van der Waals surface area contributed by atoms with Gasteiger partial charge in [-0.15, -0.1) is 10.2 Å². The molecule has 0 saturated heterocycles. The van der Waals surface area contributed by atoms with E-state index in [0.29, 0.717) is 17.2 Å². The molecule has 1 amide bonds. The molecule has 0 radical (unpaired) electrons. The number of anilines is 3. The van der Waals surface area contributed by atoms with E-state index in [1.807, 2.05) is 66.5 Å². The zero-order valence-corrected chi connectivity index (χ0v) is 18.8. The average Bonchev–Trinajstić information content (AvgIpc) is 2.88. The van der Waals surface area contributed by atoms with Crippen molar-refractivity contribution in [1.29, 1.82) is 0 Å². The molecule has 7 heteroatoms. The summed E-state index contributed by atoms with van der Waals surface area (Å²) in [5.74, 6) is 1.31. The first-order valence-electron chi connectivity index (χ1n) is 10.8. The predicted molar refractivity (Wildman–Crippen MR) is 135 cm³/mol. The topological polar surface area (TPSA) is 83.9 Å². The van der Waals surface area contributed by atoms with Gasteiger partial charge in [0.25, 0.3) is 0 Å². The lowest BCUT2D eigenvalue weighted by molar-refractivity contribution is -0.114. The van der Waals surface area contributed by atoms with E-state index in [1.165, 1.54) is 6.92 Å². The largest absolute Gasteiger partial charge is 0.325 e. The molecule has 0 fully saturated rings. The summed E-state index contributed by atoms with van der Waals surface area (Å²) in [5.41, 5.74) is 4.17. The van der Waals surface area contributed by atoms with Gasteiger partial charge in [0.05, 0.1) is 11.9 Å². The lowest BCUT2D eigenvalue weighted by Gasteiger charge is -2.21. The summed E-state index contributed by atoms with van der Waals surface area (Å²) in [6.07, 6.45) is 5.10. The summed E-state index contributed by atoms with van der Waals surface area (Å²) in [7, 11) is 1.94. The highest BCUT2D eigenvalue weighted by atomic mass is 16.1. The van der Waals surface area contributed by atoms with E-state index in [2.05, 4.69) is 43.7 Å². The molecule has 0 unspecified atom stereocenters. The third-order valence-corrected chi connectivity index (χ3v) is 5.52. The van der Waals surface area contributed by atoms with Gasteiger partial charge in [0.2, 0.25) is 5.91 Å². The van der Waals surface area contributed by atoms with Crippen LogP contribution >= 0.6 is 0 Å². The van der Waals surface area contributed by atoms with Gasteiger partial charge in [-0.05, 0) is 29.3 Å². The van der Waals surface area contributed by atoms with Crippen molar-refractivity contribution in [2.75, 3.05) is 17.3 Å². The Kier molecular flexibility index (Phi) is 5.66. The van der Waals surface area contributed by atoms with Crippen molar-refractivity contribution < 1.29 is 4.79 Å². The number of nitrogens with zero attached hydrogens (tertiary/aromatic N) is 5. The minimum atomic E-state index is -0.159. The average molecular weight is 447 g/mol. The van der Waals surface area contributed by atoms with Crippen LogP contribution < -0.4 is 10.2 Å². The van der Waals surface area contributed by atoms with Gasteiger partial charge >= 0.3 is 0 Å². The Morgan fingerprint density at radius 1 is 0.882 bits per heavy atom. The van der Waals surface area contributed by atoms with E-state index in [0.717, 1.165) is 33.3 Å². The summed E-state index contributed by atoms with van der Waals surface area (Å²) in [6, 6.07) is 24.0. The second-order valence-corrected chi connectivity index (χ2v) is 7.86. The van der Waals surface area contributed by atoms with Crippen LogP contribution in [0, 0.1) is 0 Å². The van der Waals surface area contributed by atoms with Crippen molar-refractivity contribution in [2.45, 2.75) is 6.92 Å². The van der Waals surface area contributed by atoms with Gasteiger partial charge in [-0.3, -0.25) is 9.78 Å². The molecule has 5 rings (SSSR count). The molecule has 0 spiro atoms. The third kappa shape index (κ3) is 4.06. The quantitative estimate of drug-likeness (QED) is 0.385. The molecule has 0 atom stereocenters. The van der Waals surface area contributed by atoms with Crippen LogP contribution in [0.1, 0.15) is 6.92 Å². The number of hydrogen-bond acceptors (Lipinski definition) is 6. The zero-order valence-electron chi connectivity index (χ0n) is 18.8. The Hall–Kier alpha value is -4.65. The number of aromatic nitrogens is 4. The molecule has 3 aromatic heterocycles. The van der Waals surface area contributed by atoms with Crippen LogP contribution in [0.25, 0.3) is 33.2 Å². The standard InChI is InChI=1S/C27H22N6O/c1-18(34)30-21-15-20(16-28-17-21)26-23-12-8-11-22(19-9-4-3-5-10-19)25(23)27(32-31-26)33(2)24-13-6-7-14-29-24/h3-17H,1-2H3,(H,30,34). The summed E-state index contributed by atoms with van der Waals surface area (Å²) < 4.78 is 0. The Morgan fingerprint density at radius 2 is 1.71 bits per heavy atom. The second-order valence-electron chi connectivity index (χ2n) is 7.86. The maximum absolute atomic E-state index is 11.6. The normalized spacial score (nSPS) is 10.8. The van der Waals surface area contributed by atoms with Crippen molar-refractivity contribution in [1.82, 2.24) is 20.2 Å². The van der Waals surface area contributed by atoms with Crippen LogP contribution in [0.15, 0.2) is 91.4 Å². The van der Waals surface area contributed by atoms with E-state index in [9.17, 15) is 4.79 Å². The Labute approximate surface area is 197 Å². The minimum absolute atomic E-state index is 0.159. The lowest BCUT2D eigenvalue weighted by atomic mass is 9.96. The molecule has 3 heterocycles. The molecule has 0 saturated carbocycles. The first-order valence-corrected chi connectivity index (χ1v) is 10.8. The minimum Gasteiger partial charge on any atom is -0.325 e. The first kappa shape index (κ1) is 21.2. The fourth-order valence-electron chi connectivity index (χ4n) is 4.00. The van der Waals surface area contributed by atoms with E-state index < -0.39 is 0 Å². The Bertz CT molecular complexity index is 1470. The van der Waals surface area contributed by atoms with Crippen molar-refractivity contribution in [3.8, 4) is 22.4 Å². The number of amides is 1. The number of fused-ring (bicyclic) bond motifs is 1. The molecule has 166 valence electrons. The molecule has 34 heavy (non-hydrogen) atoms. The van der Waals surface area contributed by atoms with Crippen molar-refractivity contribution >= 4 is 34.0 Å². The molecule has 0 aliphatic rings. The highest BCUT2D eigenvalue weighted by Crippen LogP contribution is 2.39. The third-order valence-electron chi connectivity index (χ3n) is 5.52. The summed E-state index contributed by atoms with van der Waals surface area (Å²) in [4.78, 5) is 22.3. The summed E-state index contributed by atoms with van der Waals surface area (Å²) in [5, 5.41) is 13.9. The molecule has 7 nitrogen and oxygen atoms in total. The number of carbonyl (C=O) groups is 1. The van der Waals surface area contributed by atoms with Crippen LogP contribution in [-0.2, 0) is 4.79 Å². The highest BCUT2D eigenvalue weighted by molar-refractivity contribution is 6.09. The molecule has 0 aliphatic carbocycles. The van der Waals surface area contributed by atoms with Gasteiger partial charge in [-0.2, -0.15) is 0 Å². The maximum atomic E-state index is 11.6. The number of pyridine rings is 2. The van der Waals surface area contributed by atoms with Crippen LogP contribution in [-0.4, -0.2) is 33.1 Å². The van der Waals surface area contributed by atoms with Gasteiger partial charge in [-0.1, -0.05) is 54.6 Å². The smallest absolute Gasteiger partial charge is 0.221 e. The molecule has 0 bridgehead atoms. The molecule has 5 aromatic rings. The molecule has 0 aliphatic heterocycles. The van der Waals surface area contributed by atoms with Crippen LogP contribution in [0.5, 0.6) is 0 Å². The van der Waals surface area contributed by atoms with Crippen LogP contribution in [0.4, 0.5) is 17.3 Å². The van der Waals surface area contributed by atoms with Crippen molar-refractivity contribution in [3.63, 3.8) is 0 Å². The summed E-state index contributed by atoms with van der Waals surface area (Å²) in [6.45, 7) is 1.47. The van der Waals surface area contributed by atoms with E-state index in [1.54, 1.807) is 18.6 Å². The van der Waals surface area contributed by atoms with Gasteiger partial charge in [0.1, 0.15) is 11.5 Å². The maximum Gasteiger partial charge on any atom is 0.221 e. The SMILES string of the molecule is CC(=O)Nc1cncc(-c2nnc(N(C)c3ccccn3)c3c(-c4ccccc4)cccc23)c1. The number of benzene rings is 2. The second kappa shape index (κ2) is 9.07. The van der Waals surface area contributed by atoms with E-state index >= 15 is 0 Å². The van der Waals surface area contributed by atoms with Gasteiger partial charge in [-0.25, -0.2) is 4.98 Å². The molecule has 1 N–H and O–H groups in total. The van der Waals surface area contributed by atoms with E-state index in [4.69, 9.17) is 0 Å². The fourth-order valence-corrected chi connectivity index (χ4v) is 4.00. The Morgan fingerprint density at radius 3 is 2.47 bits per heavy atom. The van der Waals surface area contributed by atoms with Gasteiger partial charge in [0.15, 0.2) is 5.82 Å². The number of hydrogen-bond donors (Lipinski definition) is 1.